The quantitative estimate of drug-likeness (QED) is 0.378. The number of guanidine groups is 1. The van der Waals surface area contributed by atoms with Crippen molar-refractivity contribution in [2.24, 2.45) is 18.0 Å². The number of nitrogens with one attached hydrogen (secondary N) is 2. The normalized spacial score (nSPS) is 23.4. The lowest BCUT2D eigenvalue weighted by molar-refractivity contribution is 0.553. The van der Waals surface area contributed by atoms with Gasteiger partial charge in [0.2, 0.25) is 0 Å². The van der Waals surface area contributed by atoms with Crippen molar-refractivity contribution in [3.63, 3.8) is 0 Å². The Bertz CT molecular complexity index is 682. The monoisotopic (exact) mass is 481 g/mol. The maximum Gasteiger partial charge on any atom is 0.191 e. The third-order valence-corrected chi connectivity index (χ3v) is 6.74. The highest BCUT2D eigenvalue weighted by atomic mass is 127. The molecule has 7 nitrogen and oxygen atoms in total. The number of hydrogen-bond donors (Lipinski definition) is 2. The zero-order valence-electron chi connectivity index (χ0n) is 14.6. The molecule has 2 fully saturated rings. The molecule has 1 unspecified atom stereocenters. The highest BCUT2D eigenvalue weighted by molar-refractivity contribution is 14.0. The summed E-state index contributed by atoms with van der Waals surface area (Å²) in [4.78, 5) is 4.67. The summed E-state index contributed by atoms with van der Waals surface area (Å²) in [5.41, 5.74) is 1.05. The number of sulfone groups is 1. The Labute approximate surface area is 167 Å². The fourth-order valence-electron chi connectivity index (χ4n) is 3.41. The SMILES string of the molecule is Cn1nccc1CN=C(NCC1CCS(=O)(=O)C1)NC1CCCC1.I. The summed E-state index contributed by atoms with van der Waals surface area (Å²) in [7, 11) is -0.923. The predicted molar refractivity (Wildman–Crippen MR) is 110 cm³/mol. The van der Waals surface area contributed by atoms with E-state index in [1.54, 1.807) is 6.20 Å². The first kappa shape index (κ1) is 20.5. The van der Waals surface area contributed by atoms with Gasteiger partial charge in [-0.2, -0.15) is 5.10 Å². The topological polar surface area (TPSA) is 88.4 Å². The Hall–Kier alpha value is -0.840. The van der Waals surface area contributed by atoms with Crippen LogP contribution in [0, 0.1) is 5.92 Å². The highest BCUT2D eigenvalue weighted by Crippen LogP contribution is 2.19. The maximum absolute atomic E-state index is 11.6. The molecule has 2 aliphatic rings. The number of aromatic nitrogens is 2. The van der Waals surface area contributed by atoms with E-state index < -0.39 is 9.84 Å². The first-order chi connectivity index (χ1) is 11.5. The van der Waals surface area contributed by atoms with E-state index in [0.717, 1.165) is 18.1 Å². The molecule has 1 aliphatic heterocycles. The third-order valence-electron chi connectivity index (χ3n) is 4.90. The van der Waals surface area contributed by atoms with Crippen LogP contribution in [0.5, 0.6) is 0 Å². The zero-order chi connectivity index (χ0) is 17.0. The molecule has 1 aliphatic carbocycles. The minimum Gasteiger partial charge on any atom is -0.356 e. The van der Waals surface area contributed by atoms with Crippen LogP contribution >= 0.6 is 24.0 Å². The minimum atomic E-state index is -2.83. The van der Waals surface area contributed by atoms with Crippen molar-refractivity contribution in [1.29, 1.82) is 0 Å². The molecule has 1 aromatic rings. The van der Waals surface area contributed by atoms with Crippen molar-refractivity contribution >= 4 is 39.8 Å². The second-order valence-corrected chi connectivity index (χ2v) is 9.12. The van der Waals surface area contributed by atoms with Crippen LogP contribution in [0.1, 0.15) is 37.8 Å². The number of nitrogens with zero attached hydrogens (tertiary/aromatic N) is 3. The van der Waals surface area contributed by atoms with Crippen molar-refractivity contribution in [3.8, 4) is 0 Å². The van der Waals surface area contributed by atoms with E-state index in [0.29, 0.717) is 30.6 Å². The van der Waals surface area contributed by atoms with Crippen LogP contribution in [-0.2, 0) is 23.4 Å². The predicted octanol–water partition coefficient (Wildman–Crippen LogP) is 1.45. The molecule has 25 heavy (non-hydrogen) atoms. The molecule has 2 N–H and O–H groups in total. The lowest BCUT2D eigenvalue weighted by Crippen LogP contribution is -2.44. The smallest absolute Gasteiger partial charge is 0.191 e. The Morgan fingerprint density at radius 2 is 2.12 bits per heavy atom. The van der Waals surface area contributed by atoms with Crippen molar-refractivity contribution in [3.05, 3.63) is 18.0 Å². The summed E-state index contributed by atoms with van der Waals surface area (Å²) < 4.78 is 25.0. The van der Waals surface area contributed by atoms with Crippen LogP contribution in [0.4, 0.5) is 0 Å². The van der Waals surface area contributed by atoms with Gasteiger partial charge in [-0.1, -0.05) is 12.8 Å². The van der Waals surface area contributed by atoms with E-state index in [1.807, 2.05) is 17.8 Å². The molecule has 9 heteroatoms. The molecule has 0 radical (unpaired) electrons. The van der Waals surface area contributed by atoms with Crippen LogP contribution in [0.25, 0.3) is 0 Å². The summed E-state index contributed by atoms with van der Waals surface area (Å²) in [6.45, 7) is 1.21. The van der Waals surface area contributed by atoms with Gasteiger partial charge in [-0.25, -0.2) is 13.4 Å². The molecule has 0 amide bonds. The fraction of sp³-hybridized carbons (Fsp3) is 0.750. The first-order valence-corrected chi connectivity index (χ1v) is 10.6. The van der Waals surface area contributed by atoms with Gasteiger partial charge in [0.1, 0.15) is 0 Å². The van der Waals surface area contributed by atoms with Crippen LogP contribution in [0.3, 0.4) is 0 Å². The molecule has 0 aromatic carbocycles. The van der Waals surface area contributed by atoms with Crippen LogP contribution in [0.15, 0.2) is 17.3 Å². The molecule has 0 spiro atoms. The fourth-order valence-corrected chi connectivity index (χ4v) is 5.27. The van der Waals surface area contributed by atoms with Crippen LogP contribution in [0.2, 0.25) is 0 Å². The van der Waals surface area contributed by atoms with E-state index in [9.17, 15) is 8.42 Å². The molecule has 2 heterocycles. The molecule has 1 atom stereocenters. The van der Waals surface area contributed by atoms with Gasteiger partial charge in [-0.15, -0.1) is 24.0 Å². The van der Waals surface area contributed by atoms with E-state index in [4.69, 9.17) is 0 Å². The number of aryl methyl sites for hydroxylation is 1. The van der Waals surface area contributed by atoms with Crippen molar-refractivity contribution in [1.82, 2.24) is 20.4 Å². The van der Waals surface area contributed by atoms with Gasteiger partial charge in [0.15, 0.2) is 15.8 Å². The summed E-state index contributed by atoms with van der Waals surface area (Å²) in [6.07, 6.45) is 7.37. The van der Waals surface area contributed by atoms with E-state index in [-0.39, 0.29) is 29.9 Å². The van der Waals surface area contributed by atoms with Crippen molar-refractivity contribution in [2.45, 2.75) is 44.7 Å². The van der Waals surface area contributed by atoms with Crippen LogP contribution in [-0.4, -0.2) is 48.3 Å². The van der Waals surface area contributed by atoms with Gasteiger partial charge in [0.25, 0.3) is 0 Å². The summed E-state index contributed by atoms with van der Waals surface area (Å²) in [6, 6.07) is 2.43. The second-order valence-electron chi connectivity index (χ2n) is 6.89. The Morgan fingerprint density at radius 1 is 1.36 bits per heavy atom. The highest BCUT2D eigenvalue weighted by Gasteiger charge is 2.28. The maximum atomic E-state index is 11.6. The Morgan fingerprint density at radius 3 is 2.72 bits per heavy atom. The van der Waals surface area contributed by atoms with Gasteiger partial charge in [-0.05, 0) is 31.2 Å². The molecule has 1 saturated carbocycles. The molecule has 3 rings (SSSR count). The molecular weight excluding hydrogens is 453 g/mol. The molecule has 0 bridgehead atoms. The summed E-state index contributed by atoms with van der Waals surface area (Å²) in [5.74, 6) is 1.57. The van der Waals surface area contributed by atoms with Gasteiger partial charge in [0, 0.05) is 25.8 Å². The summed E-state index contributed by atoms with van der Waals surface area (Å²) in [5, 5.41) is 11.0. The molecule has 1 aromatic heterocycles. The van der Waals surface area contributed by atoms with Gasteiger partial charge < -0.3 is 10.6 Å². The Kier molecular flexibility index (Phi) is 7.53. The Balaban J connectivity index is 0.00000225. The number of rotatable bonds is 5. The summed E-state index contributed by atoms with van der Waals surface area (Å²) >= 11 is 0. The lowest BCUT2D eigenvalue weighted by Gasteiger charge is -2.19. The van der Waals surface area contributed by atoms with E-state index in [2.05, 4.69) is 20.7 Å². The van der Waals surface area contributed by atoms with Crippen LogP contribution < -0.4 is 10.6 Å². The number of aliphatic imine (C=N–C) groups is 1. The lowest BCUT2D eigenvalue weighted by atomic mass is 10.1. The minimum absolute atomic E-state index is 0. The average Bonchev–Trinajstić information content (AvgIpc) is 3.25. The largest absolute Gasteiger partial charge is 0.356 e. The van der Waals surface area contributed by atoms with E-state index in [1.165, 1.54) is 25.7 Å². The second kappa shape index (κ2) is 9.20. The standard InChI is InChI=1S/C16H27N5O2S.HI/c1-21-15(6-8-19-21)11-18-16(20-14-4-2-3-5-14)17-10-13-7-9-24(22,23)12-13;/h6,8,13-14H,2-5,7,9-12H2,1H3,(H2,17,18,20);1H. The number of hydrogen-bond acceptors (Lipinski definition) is 4. The van der Waals surface area contributed by atoms with Gasteiger partial charge in [-0.3, -0.25) is 4.68 Å². The van der Waals surface area contributed by atoms with Gasteiger partial charge in [0.05, 0.1) is 23.7 Å². The first-order valence-electron chi connectivity index (χ1n) is 8.74. The molecule has 1 saturated heterocycles. The van der Waals surface area contributed by atoms with E-state index >= 15 is 0 Å². The van der Waals surface area contributed by atoms with Crippen molar-refractivity contribution in [2.75, 3.05) is 18.1 Å². The zero-order valence-corrected chi connectivity index (χ0v) is 17.8. The number of halogens is 1. The average molecular weight is 481 g/mol. The molecular formula is C16H28IN5O2S. The van der Waals surface area contributed by atoms with Gasteiger partial charge >= 0.3 is 0 Å². The molecule has 142 valence electrons. The third kappa shape index (κ3) is 6.12. The van der Waals surface area contributed by atoms with Crippen molar-refractivity contribution < 1.29 is 8.42 Å².